The number of ether oxygens (including phenoxy) is 1. The van der Waals surface area contributed by atoms with Gasteiger partial charge in [-0.1, -0.05) is 6.92 Å². The first-order valence-electron chi connectivity index (χ1n) is 7.88. The zero-order valence-corrected chi connectivity index (χ0v) is 14.2. The van der Waals surface area contributed by atoms with Gasteiger partial charge in [-0.3, -0.25) is 9.80 Å². The van der Waals surface area contributed by atoms with Crippen LogP contribution in [0.3, 0.4) is 0 Å². The fourth-order valence-corrected chi connectivity index (χ4v) is 4.68. The molecule has 3 heterocycles. The minimum absolute atomic E-state index is 0.456. The highest BCUT2D eigenvalue weighted by Gasteiger charge is 2.33. The van der Waals surface area contributed by atoms with Crippen molar-refractivity contribution < 1.29 is 4.74 Å². The molecule has 2 aliphatic rings. The van der Waals surface area contributed by atoms with E-state index in [0.29, 0.717) is 18.0 Å². The fourth-order valence-electron chi connectivity index (χ4n) is 3.42. The van der Waals surface area contributed by atoms with Crippen LogP contribution in [0.5, 0.6) is 0 Å². The molecular weight excluding hydrogens is 306 g/mol. The smallest absolute Gasteiger partial charge is 0.110 e. The third-order valence-electron chi connectivity index (χ3n) is 4.58. The number of rotatable bonds is 5. The Labute approximate surface area is 136 Å². The van der Waals surface area contributed by atoms with Gasteiger partial charge in [-0.15, -0.1) is 22.9 Å². The van der Waals surface area contributed by atoms with E-state index in [9.17, 15) is 0 Å². The maximum absolute atomic E-state index is 5.88. The van der Waals surface area contributed by atoms with Gasteiger partial charge in [0.2, 0.25) is 0 Å². The van der Waals surface area contributed by atoms with E-state index in [1.807, 2.05) is 0 Å². The number of nitrogens with zero attached hydrogens (tertiary/aromatic N) is 3. The second kappa shape index (κ2) is 7.38. The molecule has 1 aromatic heterocycles. The zero-order valence-electron chi connectivity index (χ0n) is 12.6. The van der Waals surface area contributed by atoms with Gasteiger partial charge in [0.25, 0.3) is 0 Å². The van der Waals surface area contributed by atoms with Gasteiger partial charge in [0, 0.05) is 37.6 Å². The molecule has 2 unspecified atom stereocenters. The average molecular weight is 330 g/mol. The van der Waals surface area contributed by atoms with Gasteiger partial charge in [0.15, 0.2) is 0 Å². The lowest BCUT2D eigenvalue weighted by Crippen LogP contribution is -2.44. The second-order valence-electron chi connectivity index (χ2n) is 5.82. The van der Waals surface area contributed by atoms with Crippen molar-refractivity contribution in [2.45, 2.75) is 37.7 Å². The molecule has 6 heteroatoms. The lowest BCUT2D eigenvalue weighted by atomic mass is 10.2. The van der Waals surface area contributed by atoms with Crippen LogP contribution in [0.25, 0.3) is 0 Å². The quantitative estimate of drug-likeness (QED) is 0.777. The van der Waals surface area contributed by atoms with Crippen LogP contribution in [0, 0.1) is 0 Å². The van der Waals surface area contributed by atoms with Crippen LogP contribution in [0.1, 0.15) is 36.5 Å². The monoisotopic (exact) mass is 329 g/mol. The Morgan fingerprint density at radius 1 is 1.43 bits per heavy atom. The topological polar surface area (TPSA) is 28.6 Å². The van der Waals surface area contributed by atoms with Crippen molar-refractivity contribution in [1.82, 2.24) is 14.8 Å². The summed E-state index contributed by atoms with van der Waals surface area (Å²) in [4.78, 5) is 9.90. The molecule has 2 fully saturated rings. The molecule has 0 aliphatic carbocycles. The van der Waals surface area contributed by atoms with Gasteiger partial charge >= 0.3 is 0 Å². The standard InChI is InChI=1S/C15H24ClN3OS/c1-2-14(15-17-12(9-16)11-21-15)19-4-3-13(10-19)18-5-7-20-8-6-18/h11,13-14H,2-10H2,1H3. The number of hydrogen-bond acceptors (Lipinski definition) is 5. The molecule has 2 atom stereocenters. The van der Waals surface area contributed by atoms with Crippen LogP contribution in [0.4, 0.5) is 0 Å². The van der Waals surface area contributed by atoms with Crippen LogP contribution in [0.15, 0.2) is 5.38 Å². The zero-order chi connectivity index (χ0) is 14.7. The van der Waals surface area contributed by atoms with Crippen molar-refractivity contribution in [3.63, 3.8) is 0 Å². The van der Waals surface area contributed by atoms with Crippen molar-refractivity contribution >= 4 is 22.9 Å². The van der Waals surface area contributed by atoms with E-state index < -0.39 is 0 Å². The normalized spacial score (nSPS) is 26.3. The van der Waals surface area contributed by atoms with Crippen molar-refractivity contribution in [2.75, 3.05) is 39.4 Å². The molecule has 0 spiro atoms. The molecule has 0 aromatic carbocycles. The predicted molar refractivity (Wildman–Crippen MR) is 87.1 cm³/mol. The largest absolute Gasteiger partial charge is 0.379 e. The van der Waals surface area contributed by atoms with Gasteiger partial charge in [-0.05, 0) is 12.8 Å². The SMILES string of the molecule is CCC(c1nc(CCl)cs1)N1CCC(N2CCOCC2)C1. The molecule has 3 rings (SSSR count). The molecule has 118 valence electrons. The van der Waals surface area contributed by atoms with Crippen molar-refractivity contribution in [2.24, 2.45) is 0 Å². The molecule has 2 aliphatic heterocycles. The Morgan fingerprint density at radius 3 is 2.90 bits per heavy atom. The van der Waals surface area contributed by atoms with Gasteiger partial charge in [0.05, 0.1) is 30.8 Å². The number of morpholine rings is 1. The number of likely N-dealkylation sites (tertiary alicyclic amines) is 1. The highest BCUT2D eigenvalue weighted by Crippen LogP contribution is 2.31. The van der Waals surface area contributed by atoms with E-state index in [1.54, 1.807) is 11.3 Å². The molecule has 4 nitrogen and oxygen atoms in total. The van der Waals surface area contributed by atoms with Crippen LogP contribution in [0.2, 0.25) is 0 Å². The minimum atomic E-state index is 0.456. The summed E-state index contributed by atoms with van der Waals surface area (Å²) >= 11 is 7.64. The van der Waals surface area contributed by atoms with E-state index in [2.05, 4.69) is 22.1 Å². The molecule has 21 heavy (non-hydrogen) atoms. The lowest BCUT2D eigenvalue weighted by Gasteiger charge is -2.33. The minimum Gasteiger partial charge on any atom is -0.379 e. The number of halogens is 1. The highest BCUT2D eigenvalue weighted by molar-refractivity contribution is 7.09. The first kappa shape index (κ1) is 15.7. The van der Waals surface area contributed by atoms with E-state index in [4.69, 9.17) is 21.3 Å². The van der Waals surface area contributed by atoms with E-state index in [1.165, 1.54) is 18.0 Å². The second-order valence-corrected chi connectivity index (χ2v) is 6.98. The molecule has 1 aromatic rings. The third kappa shape index (κ3) is 3.59. The van der Waals surface area contributed by atoms with Crippen molar-refractivity contribution in [1.29, 1.82) is 0 Å². The number of alkyl halides is 1. The first-order valence-corrected chi connectivity index (χ1v) is 9.29. The third-order valence-corrected chi connectivity index (χ3v) is 5.84. The summed E-state index contributed by atoms with van der Waals surface area (Å²) in [6.45, 7) is 8.55. The van der Waals surface area contributed by atoms with Crippen molar-refractivity contribution in [3.8, 4) is 0 Å². The number of aromatic nitrogens is 1. The summed E-state index contributed by atoms with van der Waals surface area (Å²) in [5, 5.41) is 3.33. The Balaban J connectivity index is 1.62. The number of hydrogen-bond donors (Lipinski definition) is 0. The Hall–Kier alpha value is -0.200. The summed E-state index contributed by atoms with van der Waals surface area (Å²) in [7, 11) is 0. The fraction of sp³-hybridized carbons (Fsp3) is 0.800. The molecule has 0 saturated carbocycles. The summed E-state index contributed by atoms with van der Waals surface area (Å²) < 4.78 is 5.46. The van der Waals surface area contributed by atoms with E-state index in [-0.39, 0.29) is 0 Å². The van der Waals surface area contributed by atoms with Crippen LogP contribution < -0.4 is 0 Å². The van der Waals surface area contributed by atoms with Gasteiger partial charge in [-0.2, -0.15) is 0 Å². The summed E-state index contributed by atoms with van der Waals surface area (Å²) in [6.07, 6.45) is 2.38. The van der Waals surface area contributed by atoms with Crippen molar-refractivity contribution in [3.05, 3.63) is 16.1 Å². The summed E-state index contributed by atoms with van der Waals surface area (Å²) in [5.74, 6) is 0.517. The van der Waals surface area contributed by atoms with Gasteiger partial charge < -0.3 is 4.74 Å². The average Bonchev–Trinajstić information content (AvgIpc) is 3.19. The van der Waals surface area contributed by atoms with Gasteiger partial charge in [-0.25, -0.2) is 4.98 Å². The molecule has 0 amide bonds. The highest BCUT2D eigenvalue weighted by atomic mass is 35.5. The predicted octanol–water partition coefficient (Wildman–Crippen LogP) is 2.74. The first-order chi connectivity index (χ1) is 10.3. The Morgan fingerprint density at radius 2 is 2.24 bits per heavy atom. The van der Waals surface area contributed by atoms with E-state index in [0.717, 1.165) is 45.0 Å². The molecule has 0 N–H and O–H groups in total. The van der Waals surface area contributed by atoms with Crippen LogP contribution in [-0.4, -0.2) is 60.2 Å². The van der Waals surface area contributed by atoms with Crippen LogP contribution >= 0.6 is 22.9 Å². The summed E-state index contributed by atoms with van der Waals surface area (Å²) in [6, 6.07) is 1.15. The van der Waals surface area contributed by atoms with E-state index >= 15 is 0 Å². The molecule has 2 saturated heterocycles. The number of thiazole rings is 1. The Kier molecular flexibility index (Phi) is 5.51. The maximum Gasteiger partial charge on any atom is 0.110 e. The molecule has 0 bridgehead atoms. The lowest BCUT2D eigenvalue weighted by molar-refractivity contribution is 0.0175. The summed E-state index contributed by atoms with van der Waals surface area (Å²) in [5.41, 5.74) is 1.01. The molecule has 0 radical (unpaired) electrons. The molecular formula is C15H24ClN3OS. The van der Waals surface area contributed by atoms with Crippen LogP contribution in [-0.2, 0) is 10.6 Å². The van der Waals surface area contributed by atoms with Gasteiger partial charge in [0.1, 0.15) is 5.01 Å². The maximum atomic E-state index is 5.88. The Bertz CT molecular complexity index is 450.